The molecule has 1 heterocycles. The molecule has 0 saturated carbocycles. The van der Waals surface area contributed by atoms with Crippen molar-refractivity contribution in [3.63, 3.8) is 0 Å². The molecule has 0 radical (unpaired) electrons. The third-order valence-corrected chi connectivity index (χ3v) is 8.88. The van der Waals surface area contributed by atoms with E-state index in [0.717, 1.165) is 15.6 Å². The molecule has 35 heavy (non-hydrogen) atoms. The Kier molecular flexibility index (Phi) is 7.54. The van der Waals surface area contributed by atoms with Crippen molar-refractivity contribution in [2.24, 2.45) is 0 Å². The summed E-state index contributed by atoms with van der Waals surface area (Å²) < 4.78 is 34.7. The number of hydrogen-bond acceptors (Lipinski definition) is 5. The topological polar surface area (TPSA) is 80.8 Å². The zero-order valence-electron chi connectivity index (χ0n) is 19.3. The zero-order chi connectivity index (χ0) is 25.1. The van der Waals surface area contributed by atoms with E-state index in [2.05, 4.69) is 15.9 Å². The lowest BCUT2D eigenvalue weighted by molar-refractivity contribution is -0.153. The third kappa shape index (κ3) is 5.39. The Morgan fingerprint density at radius 2 is 1.60 bits per heavy atom. The molecule has 0 unspecified atom stereocenters. The van der Waals surface area contributed by atoms with Gasteiger partial charge in [-0.3, -0.25) is 9.59 Å². The maximum absolute atomic E-state index is 13.5. The standard InChI is InChI=1S/C27H26BrNO5S/c1-20(30)22-6-5-9-25(18-22)35(32,33)29-16-14-27(15-17-29,23-7-3-2-4-8-23)26(31)34-19-21-10-12-24(28)13-11-21/h2-13,18H,14-17,19H2,1H3. The molecule has 6 nitrogen and oxygen atoms in total. The number of esters is 1. The molecule has 3 aromatic carbocycles. The van der Waals surface area contributed by atoms with Gasteiger partial charge >= 0.3 is 5.97 Å². The Balaban J connectivity index is 1.56. The van der Waals surface area contributed by atoms with Crippen molar-refractivity contribution in [2.45, 2.75) is 36.7 Å². The van der Waals surface area contributed by atoms with Gasteiger partial charge < -0.3 is 4.74 Å². The molecule has 0 atom stereocenters. The monoisotopic (exact) mass is 555 g/mol. The summed E-state index contributed by atoms with van der Waals surface area (Å²) in [5.41, 5.74) is 1.09. The van der Waals surface area contributed by atoms with Crippen LogP contribution in [0.4, 0.5) is 0 Å². The summed E-state index contributed by atoms with van der Waals surface area (Å²) in [7, 11) is -3.81. The number of nitrogens with zero attached hydrogens (tertiary/aromatic N) is 1. The second-order valence-electron chi connectivity index (χ2n) is 8.64. The maximum atomic E-state index is 13.5. The predicted octanol–water partition coefficient (Wildman–Crippen LogP) is 5.12. The molecule has 3 aromatic rings. The van der Waals surface area contributed by atoms with E-state index < -0.39 is 15.4 Å². The summed E-state index contributed by atoms with van der Waals surface area (Å²) in [5, 5.41) is 0. The number of halogens is 1. The minimum Gasteiger partial charge on any atom is -0.460 e. The van der Waals surface area contributed by atoms with Crippen LogP contribution in [0.1, 0.15) is 41.3 Å². The molecule has 0 bridgehead atoms. The van der Waals surface area contributed by atoms with Crippen molar-refractivity contribution in [3.05, 3.63) is 100 Å². The van der Waals surface area contributed by atoms with E-state index in [1.54, 1.807) is 12.1 Å². The molecule has 182 valence electrons. The molecular formula is C27H26BrNO5S. The molecule has 1 aliphatic rings. The van der Waals surface area contributed by atoms with Crippen molar-refractivity contribution >= 4 is 37.7 Å². The number of sulfonamides is 1. The molecule has 1 saturated heterocycles. The third-order valence-electron chi connectivity index (χ3n) is 6.45. The van der Waals surface area contributed by atoms with Gasteiger partial charge in [0, 0.05) is 23.1 Å². The molecule has 0 N–H and O–H groups in total. The highest BCUT2D eigenvalue weighted by molar-refractivity contribution is 9.10. The van der Waals surface area contributed by atoms with E-state index in [9.17, 15) is 18.0 Å². The lowest BCUT2D eigenvalue weighted by atomic mass is 9.73. The molecule has 4 rings (SSSR count). The van der Waals surface area contributed by atoms with E-state index in [1.807, 2.05) is 54.6 Å². The first kappa shape index (κ1) is 25.3. The number of ketones is 1. The first-order valence-electron chi connectivity index (χ1n) is 11.3. The summed E-state index contributed by atoms with van der Waals surface area (Å²) >= 11 is 3.40. The Labute approximate surface area is 214 Å². The number of rotatable bonds is 7. The molecule has 1 aliphatic heterocycles. The van der Waals surface area contributed by atoms with Gasteiger partial charge in [0.05, 0.1) is 10.3 Å². The Morgan fingerprint density at radius 1 is 0.943 bits per heavy atom. The van der Waals surface area contributed by atoms with Crippen LogP contribution in [0.2, 0.25) is 0 Å². The van der Waals surface area contributed by atoms with E-state index in [-0.39, 0.29) is 36.3 Å². The number of benzene rings is 3. The van der Waals surface area contributed by atoms with E-state index >= 15 is 0 Å². The van der Waals surface area contributed by atoms with Crippen LogP contribution in [0.5, 0.6) is 0 Å². The Bertz CT molecular complexity index is 1320. The fourth-order valence-corrected chi connectivity index (χ4v) is 6.12. The summed E-state index contributed by atoms with van der Waals surface area (Å²) in [4.78, 5) is 25.3. The van der Waals surface area contributed by atoms with Gasteiger partial charge in [-0.1, -0.05) is 70.5 Å². The van der Waals surface area contributed by atoms with Crippen LogP contribution >= 0.6 is 15.9 Å². The van der Waals surface area contributed by atoms with Crippen molar-refractivity contribution in [2.75, 3.05) is 13.1 Å². The lowest BCUT2D eigenvalue weighted by Crippen LogP contribution is -2.49. The first-order chi connectivity index (χ1) is 16.7. The summed E-state index contributed by atoms with van der Waals surface area (Å²) in [6.45, 7) is 1.87. The summed E-state index contributed by atoms with van der Waals surface area (Å²) in [5.74, 6) is -0.556. The molecule has 0 aliphatic carbocycles. The van der Waals surface area contributed by atoms with Gasteiger partial charge in [-0.15, -0.1) is 0 Å². The predicted molar refractivity (Wildman–Crippen MR) is 136 cm³/mol. The molecule has 0 aromatic heterocycles. The first-order valence-corrected chi connectivity index (χ1v) is 13.5. The van der Waals surface area contributed by atoms with Crippen molar-refractivity contribution in [1.29, 1.82) is 0 Å². The van der Waals surface area contributed by atoms with Gasteiger partial charge in [0.25, 0.3) is 0 Å². The second kappa shape index (κ2) is 10.4. The van der Waals surface area contributed by atoms with E-state index in [0.29, 0.717) is 18.4 Å². The number of carbonyl (C=O) groups is 2. The summed E-state index contributed by atoms with van der Waals surface area (Å²) in [6.07, 6.45) is 0.587. The van der Waals surface area contributed by atoms with Crippen molar-refractivity contribution < 1.29 is 22.7 Å². The van der Waals surface area contributed by atoms with Gasteiger partial charge in [0.1, 0.15) is 6.61 Å². The second-order valence-corrected chi connectivity index (χ2v) is 11.5. The minimum absolute atomic E-state index is 0.0789. The quantitative estimate of drug-likeness (QED) is 0.298. The van der Waals surface area contributed by atoms with Crippen LogP contribution in [0, 0.1) is 0 Å². The zero-order valence-corrected chi connectivity index (χ0v) is 21.7. The largest absolute Gasteiger partial charge is 0.460 e. The molecular weight excluding hydrogens is 530 g/mol. The molecule has 0 amide bonds. The SMILES string of the molecule is CC(=O)c1cccc(S(=O)(=O)N2CCC(C(=O)OCc3ccc(Br)cc3)(c3ccccc3)CC2)c1. The average molecular weight is 556 g/mol. The van der Waals surface area contributed by atoms with Crippen LogP contribution in [0.3, 0.4) is 0 Å². The van der Waals surface area contributed by atoms with Gasteiger partial charge in [0.15, 0.2) is 5.78 Å². The van der Waals surface area contributed by atoms with Gasteiger partial charge in [-0.2, -0.15) is 4.31 Å². The lowest BCUT2D eigenvalue weighted by Gasteiger charge is -2.39. The average Bonchev–Trinajstić information content (AvgIpc) is 2.88. The van der Waals surface area contributed by atoms with Crippen LogP contribution < -0.4 is 0 Å². The fraction of sp³-hybridized carbons (Fsp3) is 0.259. The van der Waals surface area contributed by atoms with Crippen molar-refractivity contribution in [3.8, 4) is 0 Å². The number of ether oxygens (including phenoxy) is 1. The maximum Gasteiger partial charge on any atom is 0.316 e. The van der Waals surface area contributed by atoms with Crippen LogP contribution in [-0.4, -0.2) is 37.6 Å². The van der Waals surface area contributed by atoms with E-state index in [1.165, 1.54) is 23.4 Å². The molecule has 1 fully saturated rings. The van der Waals surface area contributed by atoms with Crippen LogP contribution in [0.15, 0.2) is 88.2 Å². The normalized spacial score (nSPS) is 15.9. The molecule has 0 spiro atoms. The number of Topliss-reactive ketones (excluding diaryl/α,β-unsaturated/α-hetero) is 1. The Hall–Kier alpha value is -2.81. The summed E-state index contributed by atoms with van der Waals surface area (Å²) in [6, 6.07) is 23.0. The van der Waals surface area contributed by atoms with Crippen molar-refractivity contribution in [1.82, 2.24) is 4.31 Å². The van der Waals surface area contributed by atoms with Crippen LogP contribution in [0.25, 0.3) is 0 Å². The Morgan fingerprint density at radius 3 is 2.23 bits per heavy atom. The minimum atomic E-state index is -3.81. The number of carbonyl (C=O) groups excluding carboxylic acids is 2. The van der Waals surface area contributed by atoms with Gasteiger partial charge in [-0.25, -0.2) is 8.42 Å². The number of hydrogen-bond donors (Lipinski definition) is 0. The van der Waals surface area contributed by atoms with Gasteiger partial charge in [0.2, 0.25) is 10.0 Å². The molecule has 8 heteroatoms. The van der Waals surface area contributed by atoms with E-state index in [4.69, 9.17) is 4.74 Å². The fourth-order valence-electron chi connectivity index (χ4n) is 4.37. The highest BCUT2D eigenvalue weighted by Crippen LogP contribution is 2.38. The van der Waals surface area contributed by atoms with Gasteiger partial charge in [-0.05, 0) is 55.2 Å². The highest BCUT2D eigenvalue weighted by atomic mass is 79.9. The number of piperidine rings is 1. The highest BCUT2D eigenvalue weighted by Gasteiger charge is 2.46. The van der Waals surface area contributed by atoms with Crippen LogP contribution in [-0.2, 0) is 31.6 Å². The smallest absolute Gasteiger partial charge is 0.316 e.